The van der Waals surface area contributed by atoms with Crippen LogP contribution in [0.5, 0.6) is 0 Å². The van der Waals surface area contributed by atoms with E-state index in [1.165, 1.54) is 12.3 Å². The molecule has 0 amide bonds. The van der Waals surface area contributed by atoms with Crippen LogP contribution in [0, 0.1) is 0 Å². The molecule has 1 aromatic rings. The fraction of sp³-hybridized carbons (Fsp3) is 0.455. The van der Waals surface area contributed by atoms with Gasteiger partial charge in [-0.3, -0.25) is 0 Å². The summed E-state index contributed by atoms with van der Waals surface area (Å²) in [6, 6.07) is 2.76. The van der Waals surface area contributed by atoms with Gasteiger partial charge in [0, 0.05) is 18.8 Å². The average Bonchev–Trinajstić information content (AvgIpc) is 2.28. The number of hydrogen-bond acceptors (Lipinski definition) is 5. The Morgan fingerprint density at radius 1 is 1.56 bits per heavy atom. The minimum Gasteiger partial charge on any atom is -0.478 e. The van der Waals surface area contributed by atoms with Crippen molar-refractivity contribution in [3.05, 3.63) is 23.9 Å². The van der Waals surface area contributed by atoms with Gasteiger partial charge in [0.2, 0.25) is 0 Å². The maximum atomic E-state index is 11.5. The van der Waals surface area contributed by atoms with E-state index < -0.39 is 15.8 Å². The van der Waals surface area contributed by atoms with Crippen LogP contribution in [-0.2, 0) is 9.84 Å². The Morgan fingerprint density at radius 3 is 2.89 bits per heavy atom. The van der Waals surface area contributed by atoms with E-state index in [9.17, 15) is 13.2 Å². The van der Waals surface area contributed by atoms with E-state index in [2.05, 4.69) is 4.98 Å². The van der Waals surface area contributed by atoms with Crippen LogP contribution < -0.4 is 4.90 Å². The highest BCUT2D eigenvalue weighted by molar-refractivity contribution is 7.91. The van der Waals surface area contributed by atoms with E-state index in [-0.39, 0.29) is 29.7 Å². The van der Waals surface area contributed by atoms with Gasteiger partial charge in [-0.25, -0.2) is 18.2 Å². The Morgan fingerprint density at radius 2 is 2.28 bits per heavy atom. The summed E-state index contributed by atoms with van der Waals surface area (Å²) in [4.78, 5) is 16.9. The van der Waals surface area contributed by atoms with Crippen molar-refractivity contribution < 1.29 is 18.3 Å². The highest BCUT2D eigenvalue weighted by Crippen LogP contribution is 2.23. The van der Waals surface area contributed by atoms with Gasteiger partial charge in [-0.05, 0) is 19.1 Å². The van der Waals surface area contributed by atoms with Gasteiger partial charge in [0.1, 0.15) is 11.4 Å². The first-order valence-corrected chi connectivity index (χ1v) is 7.38. The first-order valence-electron chi connectivity index (χ1n) is 5.56. The van der Waals surface area contributed by atoms with Gasteiger partial charge in [0.15, 0.2) is 9.84 Å². The van der Waals surface area contributed by atoms with Gasteiger partial charge < -0.3 is 10.0 Å². The van der Waals surface area contributed by atoms with Crippen LogP contribution in [0.4, 0.5) is 5.82 Å². The fourth-order valence-corrected chi connectivity index (χ4v) is 3.66. The Bertz CT molecular complexity index is 570. The van der Waals surface area contributed by atoms with Crippen LogP contribution in [0.2, 0.25) is 0 Å². The molecular weight excluding hydrogens is 256 g/mol. The molecule has 1 saturated heterocycles. The molecular formula is C11H14N2O4S. The number of hydrogen-bond donors (Lipinski definition) is 1. The van der Waals surface area contributed by atoms with E-state index in [1.807, 2.05) is 0 Å². The van der Waals surface area contributed by atoms with Crippen molar-refractivity contribution in [2.75, 3.05) is 23.0 Å². The molecule has 2 heterocycles. The molecule has 6 nitrogen and oxygen atoms in total. The molecule has 98 valence electrons. The number of pyridine rings is 1. The van der Waals surface area contributed by atoms with Crippen molar-refractivity contribution in [3.63, 3.8) is 0 Å². The number of aromatic nitrogens is 1. The monoisotopic (exact) mass is 270 g/mol. The summed E-state index contributed by atoms with van der Waals surface area (Å²) in [6.07, 6.45) is 1.51. The van der Waals surface area contributed by atoms with Crippen LogP contribution >= 0.6 is 0 Å². The van der Waals surface area contributed by atoms with Crippen molar-refractivity contribution in [1.29, 1.82) is 0 Å². The van der Waals surface area contributed by atoms with Gasteiger partial charge in [0.25, 0.3) is 0 Å². The predicted molar refractivity (Wildman–Crippen MR) is 66.7 cm³/mol. The van der Waals surface area contributed by atoms with Crippen LogP contribution in [0.25, 0.3) is 0 Å². The highest BCUT2D eigenvalue weighted by atomic mass is 32.2. The minimum atomic E-state index is -3.02. The maximum absolute atomic E-state index is 11.5. The lowest BCUT2D eigenvalue weighted by atomic mass is 10.2. The number of nitrogens with zero attached hydrogens (tertiary/aromatic N) is 2. The number of carboxylic acid groups (broad SMARTS) is 1. The Labute approximate surface area is 105 Å². The number of sulfone groups is 1. The highest BCUT2D eigenvalue weighted by Gasteiger charge is 2.30. The Kier molecular flexibility index (Phi) is 3.25. The van der Waals surface area contributed by atoms with E-state index in [0.29, 0.717) is 5.82 Å². The second-order valence-corrected chi connectivity index (χ2v) is 6.57. The zero-order valence-corrected chi connectivity index (χ0v) is 10.7. The standard InChI is InChI=1S/C11H14N2O4S/c1-8-7-18(16,17)6-5-13(8)10-9(11(14)15)3-2-4-12-10/h2-4,8H,5-7H2,1H3,(H,14,15). The molecule has 1 aliphatic heterocycles. The summed E-state index contributed by atoms with van der Waals surface area (Å²) < 4.78 is 23.0. The Hall–Kier alpha value is -1.63. The molecule has 1 N–H and O–H groups in total. The smallest absolute Gasteiger partial charge is 0.339 e. The van der Waals surface area contributed by atoms with E-state index >= 15 is 0 Å². The number of carbonyl (C=O) groups is 1. The molecule has 0 radical (unpaired) electrons. The minimum absolute atomic E-state index is 0.0304. The van der Waals surface area contributed by atoms with Crippen molar-refractivity contribution in [3.8, 4) is 0 Å². The van der Waals surface area contributed by atoms with E-state index in [4.69, 9.17) is 5.11 Å². The topological polar surface area (TPSA) is 87.6 Å². The van der Waals surface area contributed by atoms with Gasteiger partial charge >= 0.3 is 5.97 Å². The SMILES string of the molecule is CC1CS(=O)(=O)CCN1c1ncccc1C(=O)O. The molecule has 1 atom stereocenters. The molecule has 7 heteroatoms. The van der Waals surface area contributed by atoms with Crippen LogP contribution in [0.3, 0.4) is 0 Å². The third-order valence-electron chi connectivity index (χ3n) is 2.96. The molecule has 1 aromatic heterocycles. The molecule has 1 aliphatic rings. The van der Waals surface area contributed by atoms with Crippen molar-refractivity contribution >= 4 is 21.6 Å². The van der Waals surface area contributed by atoms with Gasteiger partial charge in [-0.1, -0.05) is 0 Å². The molecule has 0 bridgehead atoms. The predicted octanol–water partition coefficient (Wildman–Crippen LogP) is 0.403. The quantitative estimate of drug-likeness (QED) is 0.837. The number of anilines is 1. The molecule has 0 saturated carbocycles. The third kappa shape index (κ3) is 2.45. The summed E-state index contributed by atoms with van der Waals surface area (Å²) in [5, 5.41) is 9.10. The van der Waals surface area contributed by atoms with E-state index in [1.54, 1.807) is 17.9 Å². The summed E-state index contributed by atoms with van der Waals surface area (Å²) in [7, 11) is -3.02. The number of carboxylic acids is 1. The normalized spacial score (nSPS) is 22.7. The number of rotatable bonds is 2. The lowest BCUT2D eigenvalue weighted by Gasteiger charge is -2.34. The van der Waals surface area contributed by atoms with E-state index in [0.717, 1.165) is 0 Å². The zero-order valence-electron chi connectivity index (χ0n) is 9.91. The molecule has 1 unspecified atom stereocenters. The fourth-order valence-electron chi connectivity index (χ4n) is 2.11. The summed E-state index contributed by atoms with van der Waals surface area (Å²) in [6.45, 7) is 2.04. The van der Waals surface area contributed by atoms with Crippen molar-refractivity contribution in [1.82, 2.24) is 4.98 Å². The first kappa shape index (κ1) is 12.8. The van der Waals surface area contributed by atoms with Crippen molar-refractivity contribution in [2.24, 2.45) is 0 Å². The molecule has 0 aromatic carbocycles. The van der Waals surface area contributed by atoms with Crippen molar-refractivity contribution in [2.45, 2.75) is 13.0 Å². The zero-order chi connectivity index (χ0) is 13.3. The largest absolute Gasteiger partial charge is 0.478 e. The summed E-state index contributed by atoms with van der Waals surface area (Å²) in [5.74, 6) is -0.651. The van der Waals surface area contributed by atoms with Gasteiger partial charge in [-0.15, -0.1) is 0 Å². The molecule has 0 spiro atoms. The second-order valence-electron chi connectivity index (χ2n) is 4.34. The van der Waals surface area contributed by atoms with Crippen LogP contribution in [0.1, 0.15) is 17.3 Å². The summed E-state index contributed by atoms with van der Waals surface area (Å²) in [5.41, 5.74) is 0.101. The number of aromatic carboxylic acids is 1. The molecule has 18 heavy (non-hydrogen) atoms. The molecule has 2 rings (SSSR count). The van der Waals surface area contributed by atoms with Crippen LogP contribution in [-0.4, -0.2) is 48.6 Å². The van der Waals surface area contributed by atoms with Crippen LogP contribution in [0.15, 0.2) is 18.3 Å². The second kappa shape index (κ2) is 4.56. The Balaban J connectivity index is 2.36. The third-order valence-corrected chi connectivity index (χ3v) is 4.75. The van der Waals surface area contributed by atoms with Gasteiger partial charge in [-0.2, -0.15) is 0 Å². The lowest BCUT2D eigenvalue weighted by molar-refractivity contribution is 0.0697. The maximum Gasteiger partial charge on any atom is 0.339 e. The lowest BCUT2D eigenvalue weighted by Crippen LogP contribution is -2.47. The van der Waals surface area contributed by atoms with Gasteiger partial charge in [0.05, 0.1) is 11.5 Å². The summed E-state index contributed by atoms with van der Waals surface area (Å²) >= 11 is 0. The average molecular weight is 270 g/mol. The molecule has 0 aliphatic carbocycles. The first-order chi connectivity index (χ1) is 8.41. The molecule has 1 fully saturated rings.